The molecule has 0 fully saturated rings. The van der Waals surface area contributed by atoms with Crippen LogP contribution in [0.4, 0.5) is 5.69 Å². The first-order valence-electron chi connectivity index (χ1n) is 5.98. The van der Waals surface area contributed by atoms with Crippen LogP contribution in [0.5, 0.6) is 0 Å². The van der Waals surface area contributed by atoms with Crippen LogP contribution in [0.25, 0.3) is 0 Å². The highest BCUT2D eigenvalue weighted by molar-refractivity contribution is 9.10. The fourth-order valence-electron chi connectivity index (χ4n) is 2.01. The normalized spacial score (nSPS) is 18.9. The Bertz CT molecular complexity index is 405. The molecule has 1 aliphatic rings. The van der Waals surface area contributed by atoms with Gasteiger partial charge in [-0.25, -0.2) is 0 Å². The van der Waals surface area contributed by atoms with E-state index in [9.17, 15) is 0 Å². The van der Waals surface area contributed by atoms with Crippen molar-refractivity contribution >= 4 is 21.6 Å². The number of benzene rings is 1. The van der Waals surface area contributed by atoms with Crippen molar-refractivity contribution in [1.29, 1.82) is 0 Å². The predicted octanol–water partition coefficient (Wildman–Crippen LogP) is 4.17. The Morgan fingerprint density at radius 2 is 2.06 bits per heavy atom. The van der Waals surface area contributed by atoms with Crippen molar-refractivity contribution < 1.29 is 4.74 Å². The summed E-state index contributed by atoms with van der Waals surface area (Å²) < 4.78 is 6.73. The lowest BCUT2D eigenvalue weighted by Gasteiger charge is -2.20. The van der Waals surface area contributed by atoms with Gasteiger partial charge in [0.15, 0.2) is 0 Å². The minimum atomic E-state index is 0.296. The number of allylic oxidation sites excluding steroid dienone is 1. The lowest BCUT2D eigenvalue weighted by molar-refractivity contribution is 0.135. The summed E-state index contributed by atoms with van der Waals surface area (Å²) in [5.74, 6) is 0. The molecule has 92 valence electrons. The van der Waals surface area contributed by atoms with Gasteiger partial charge in [-0.05, 0) is 56.0 Å². The number of hydrogen-bond donors (Lipinski definition) is 1. The Hall–Kier alpha value is -0.960. The smallest absolute Gasteiger partial charge is 0.115 e. The number of hydrogen-bond acceptors (Lipinski definition) is 2. The molecule has 0 aliphatic carbocycles. The zero-order valence-corrected chi connectivity index (χ0v) is 11.9. The van der Waals surface area contributed by atoms with E-state index in [0.29, 0.717) is 6.10 Å². The first kappa shape index (κ1) is 12.5. The van der Waals surface area contributed by atoms with Gasteiger partial charge in [-0.1, -0.05) is 15.9 Å². The predicted molar refractivity (Wildman–Crippen MR) is 75.4 cm³/mol. The number of aryl methyl sites for hydroxylation is 2. The summed E-state index contributed by atoms with van der Waals surface area (Å²) in [6.07, 6.45) is 6.39. The van der Waals surface area contributed by atoms with Crippen molar-refractivity contribution in [3.05, 3.63) is 40.1 Å². The number of ether oxygens (including phenoxy) is 1. The van der Waals surface area contributed by atoms with Crippen LogP contribution in [0.15, 0.2) is 28.9 Å². The average molecular weight is 296 g/mol. The molecule has 1 aromatic rings. The molecular weight excluding hydrogens is 278 g/mol. The second kappa shape index (κ2) is 5.58. The van der Waals surface area contributed by atoms with Gasteiger partial charge in [0.25, 0.3) is 0 Å². The molecule has 0 spiro atoms. The van der Waals surface area contributed by atoms with Crippen LogP contribution in [-0.4, -0.2) is 12.6 Å². The second-order valence-electron chi connectivity index (χ2n) is 4.51. The van der Waals surface area contributed by atoms with Crippen molar-refractivity contribution in [2.75, 3.05) is 11.9 Å². The molecule has 0 radical (unpaired) electrons. The van der Waals surface area contributed by atoms with Gasteiger partial charge in [0.1, 0.15) is 6.10 Å². The molecule has 1 aromatic carbocycles. The Labute approximate surface area is 111 Å². The van der Waals surface area contributed by atoms with Crippen molar-refractivity contribution in [2.45, 2.75) is 32.8 Å². The van der Waals surface area contributed by atoms with Gasteiger partial charge >= 0.3 is 0 Å². The topological polar surface area (TPSA) is 21.3 Å². The molecule has 0 amide bonds. The third-order valence-corrected chi connectivity index (χ3v) is 4.24. The van der Waals surface area contributed by atoms with Gasteiger partial charge in [0.2, 0.25) is 0 Å². The van der Waals surface area contributed by atoms with Gasteiger partial charge in [0, 0.05) is 10.2 Å². The molecule has 1 N–H and O–H groups in total. The third kappa shape index (κ3) is 3.25. The fraction of sp³-hybridized carbons (Fsp3) is 0.429. The lowest BCUT2D eigenvalue weighted by atomic mass is 10.1. The standard InChI is InChI=1S/C14H18BrNO/c1-10-7-12(8-11(2)14(10)15)16-9-13-5-3-4-6-17-13/h4,6-8,13,16H,3,5,9H2,1-2H3. The van der Waals surface area contributed by atoms with Crippen LogP contribution in [0.2, 0.25) is 0 Å². The van der Waals surface area contributed by atoms with Crippen LogP contribution in [0, 0.1) is 13.8 Å². The summed E-state index contributed by atoms with van der Waals surface area (Å²) in [5.41, 5.74) is 3.69. The summed E-state index contributed by atoms with van der Waals surface area (Å²) in [6, 6.07) is 4.32. The molecule has 0 saturated heterocycles. The van der Waals surface area contributed by atoms with Gasteiger partial charge in [-0.15, -0.1) is 0 Å². The van der Waals surface area contributed by atoms with Gasteiger partial charge in [-0.3, -0.25) is 0 Å². The molecular formula is C14H18BrNO. The summed E-state index contributed by atoms with van der Waals surface area (Å²) >= 11 is 3.58. The second-order valence-corrected chi connectivity index (χ2v) is 5.31. The van der Waals surface area contributed by atoms with E-state index in [-0.39, 0.29) is 0 Å². The van der Waals surface area contributed by atoms with E-state index in [1.165, 1.54) is 21.3 Å². The summed E-state index contributed by atoms with van der Waals surface area (Å²) in [6.45, 7) is 5.09. The maximum absolute atomic E-state index is 5.53. The molecule has 2 rings (SSSR count). The van der Waals surface area contributed by atoms with Gasteiger partial charge in [0.05, 0.1) is 12.8 Å². The molecule has 1 atom stereocenters. The van der Waals surface area contributed by atoms with Gasteiger partial charge in [-0.2, -0.15) is 0 Å². The average Bonchev–Trinajstić information content (AvgIpc) is 2.34. The molecule has 0 aromatic heterocycles. The molecule has 17 heavy (non-hydrogen) atoms. The third-order valence-electron chi connectivity index (χ3n) is 2.99. The monoisotopic (exact) mass is 295 g/mol. The molecule has 1 aliphatic heterocycles. The van der Waals surface area contributed by atoms with E-state index in [1.54, 1.807) is 0 Å². The van der Waals surface area contributed by atoms with Crippen molar-refractivity contribution in [3.63, 3.8) is 0 Å². The highest BCUT2D eigenvalue weighted by Crippen LogP contribution is 2.25. The molecule has 0 bridgehead atoms. The van der Waals surface area contributed by atoms with Gasteiger partial charge < -0.3 is 10.1 Å². The van der Waals surface area contributed by atoms with Crippen LogP contribution in [-0.2, 0) is 4.74 Å². The maximum atomic E-state index is 5.53. The van der Waals surface area contributed by atoms with Crippen molar-refractivity contribution in [1.82, 2.24) is 0 Å². The van der Waals surface area contributed by atoms with Crippen LogP contribution in [0.1, 0.15) is 24.0 Å². The van der Waals surface area contributed by atoms with Crippen LogP contribution < -0.4 is 5.32 Å². The number of rotatable bonds is 3. The highest BCUT2D eigenvalue weighted by atomic mass is 79.9. The number of nitrogens with one attached hydrogen (secondary N) is 1. The lowest BCUT2D eigenvalue weighted by Crippen LogP contribution is -2.23. The quantitative estimate of drug-likeness (QED) is 0.904. The molecule has 3 heteroatoms. The SMILES string of the molecule is Cc1cc(NCC2CCC=CO2)cc(C)c1Br. The number of halogens is 1. The van der Waals surface area contributed by atoms with Crippen LogP contribution in [0.3, 0.4) is 0 Å². The Balaban J connectivity index is 1.97. The molecule has 2 nitrogen and oxygen atoms in total. The zero-order valence-electron chi connectivity index (χ0n) is 10.3. The first-order chi connectivity index (χ1) is 8.16. The Kier molecular flexibility index (Phi) is 4.11. The Morgan fingerprint density at radius 3 is 2.65 bits per heavy atom. The van der Waals surface area contributed by atoms with E-state index >= 15 is 0 Å². The fourth-order valence-corrected chi connectivity index (χ4v) is 2.24. The first-order valence-corrected chi connectivity index (χ1v) is 6.77. The number of anilines is 1. The van der Waals surface area contributed by atoms with E-state index in [4.69, 9.17) is 4.74 Å². The van der Waals surface area contributed by atoms with Crippen LogP contribution >= 0.6 is 15.9 Å². The minimum Gasteiger partial charge on any atom is -0.497 e. The van der Waals surface area contributed by atoms with E-state index < -0.39 is 0 Å². The summed E-state index contributed by atoms with van der Waals surface area (Å²) in [4.78, 5) is 0. The molecule has 1 heterocycles. The minimum absolute atomic E-state index is 0.296. The molecule has 1 unspecified atom stereocenters. The van der Waals surface area contributed by atoms with E-state index in [1.807, 2.05) is 6.26 Å². The maximum Gasteiger partial charge on any atom is 0.115 e. The highest BCUT2D eigenvalue weighted by Gasteiger charge is 2.10. The van der Waals surface area contributed by atoms with Crippen molar-refractivity contribution in [2.24, 2.45) is 0 Å². The largest absolute Gasteiger partial charge is 0.497 e. The van der Waals surface area contributed by atoms with Crippen molar-refractivity contribution in [3.8, 4) is 0 Å². The molecule has 0 saturated carbocycles. The Morgan fingerprint density at radius 1 is 1.35 bits per heavy atom. The summed E-state index contributed by atoms with van der Waals surface area (Å²) in [5, 5.41) is 3.44. The van der Waals surface area contributed by atoms with E-state index in [2.05, 4.69) is 53.3 Å². The summed E-state index contributed by atoms with van der Waals surface area (Å²) in [7, 11) is 0. The van der Waals surface area contributed by atoms with E-state index in [0.717, 1.165) is 19.4 Å². The zero-order chi connectivity index (χ0) is 12.3.